The fourth-order valence-electron chi connectivity index (χ4n) is 0. The van der Waals surface area contributed by atoms with Crippen molar-refractivity contribution in [3.8, 4) is 0 Å². The first-order valence-electron chi connectivity index (χ1n) is 5.45. The minimum Gasteiger partial charge on any atom is -0.550 e. The average molecular weight is 651 g/mol. The SMILES string of the molecule is CC(=O)[O-].CC(=O)[O-].CC(=O)[O-].CC(=O)[O-].CC(=O)[O-].CC(=O)[O-].[Cd+2].[K+].[K+].[Pd+2]. The van der Waals surface area contributed by atoms with Gasteiger partial charge in [0.15, 0.2) is 0 Å². The van der Waals surface area contributed by atoms with Crippen LogP contribution in [0, 0.1) is 0 Å². The fourth-order valence-corrected chi connectivity index (χ4v) is 0. The van der Waals surface area contributed by atoms with Gasteiger partial charge in [0.25, 0.3) is 0 Å². The monoisotopic (exact) mass is 652 g/mol. The van der Waals surface area contributed by atoms with Crippen molar-refractivity contribution in [2.45, 2.75) is 41.5 Å². The first kappa shape index (κ1) is 63.0. The molecule has 12 nitrogen and oxygen atoms in total. The molecule has 0 aromatic carbocycles. The van der Waals surface area contributed by atoms with Gasteiger partial charge < -0.3 is 59.4 Å². The van der Waals surface area contributed by atoms with E-state index in [2.05, 4.69) is 0 Å². The first-order valence-corrected chi connectivity index (χ1v) is 5.45. The summed E-state index contributed by atoms with van der Waals surface area (Å²) in [5.41, 5.74) is 0. The summed E-state index contributed by atoms with van der Waals surface area (Å²) in [7, 11) is 0. The Morgan fingerprint density at radius 1 is 0.393 bits per heavy atom. The van der Waals surface area contributed by atoms with Crippen LogP contribution in [0.25, 0.3) is 0 Å². The number of carbonyl (C=O) groups excluding carboxylic acids is 6. The van der Waals surface area contributed by atoms with E-state index in [1.807, 2.05) is 0 Å². The maximum absolute atomic E-state index is 8.89. The van der Waals surface area contributed by atoms with Crippen LogP contribution in [-0.2, 0) is 76.5 Å². The molecule has 0 rings (SSSR count). The van der Waals surface area contributed by atoms with Crippen molar-refractivity contribution in [1.82, 2.24) is 0 Å². The van der Waals surface area contributed by atoms with Crippen LogP contribution in [0.3, 0.4) is 0 Å². The van der Waals surface area contributed by atoms with E-state index in [-0.39, 0.29) is 150 Å². The van der Waals surface area contributed by atoms with Gasteiger partial charge >= 0.3 is 150 Å². The largest absolute Gasteiger partial charge is 2.00 e. The molecular weight excluding hydrogens is 633 g/mol. The summed E-state index contributed by atoms with van der Waals surface area (Å²) in [6, 6.07) is 0. The van der Waals surface area contributed by atoms with Crippen LogP contribution in [0.1, 0.15) is 41.5 Å². The molecule has 0 aliphatic carbocycles. The second kappa shape index (κ2) is 56.7. The average Bonchev–Trinajstić information content (AvgIpc) is 2.08. The molecule has 0 aliphatic heterocycles. The second-order valence-electron chi connectivity index (χ2n) is 2.95. The van der Waals surface area contributed by atoms with Crippen molar-refractivity contribution in [2.24, 2.45) is 0 Å². The van der Waals surface area contributed by atoms with Crippen LogP contribution >= 0.6 is 0 Å². The van der Waals surface area contributed by atoms with E-state index in [9.17, 15) is 0 Å². The van der Waals surface area contributed by atoms with Crippen LogP contribution < -0.4 is 133 Å². The van der Waals surface area contributed by atoms with Crippen LogP contribution in [0.2, 0.25) is 0 Å². The van der Waals surface area contributed by atoms with E-state index in [1.54, 1.807) is 0 Å². The summed E-state index contributed by atoms with van der Waals surface area (Å²) < 4.78 is 0. The summed E-state index contributed by atoms with van der Waals surface area (Å²) in [6.45, 7) is 5.83. The quantitative estimate of drug-likeness (QED) is 0.222. The molecule has 0 atom stereocenters. The summed E-state index contributed by atoms with van der Waals surface area (Å²) in [6.07, 6.45) is 0. The number of carboxylic acid groups (broad SMARTS) is 6. The molecule has 0 heterocycles. The van der Waals surface area contributed by atoms with Gasteiger partial charge in [-0.2, -0.15) is 0 Å². The smallest absolute Gasteiger partial charge is 0.550 e. The minimum absolute atomic E-state index is 0. The normalized spacial score (nSPS) is 5.36. The first-order chi connectivity index (χ1) is 10.4. The molecule has 0 bridgehead atoms. The summed E-state index contributed by atoms with van der Waals surface area (Å²) in [5, 5.41) is 53.3. The third kappa shape index (κ3) is 7000. The molecule has 0 fully saturated rings. The van der Waals surface area contributed by atoms with Gasteiger partial charge in [0.05, 0.1) is 0 Å². The number of carbonyl (C=O) groups is 6. The van der Waals surface area contributed by atoms with Crippen LogP contribution in [0.15, 0.2) is 0 Å². The van der Waals surface area contributed by atoms with E-state index in [4.69, 9.17) is 59.4 Å². The van der Waals surface area contributed by atoms with E-state index >= 15 is 0 Å². The maximum atomic E-state index is 8.89. The van der Waals surface area contributed by atoms with Gasteiger partial charge in [0.1, 0.15) is 0 Å². The van der Waals surface area contributed by atoms with Gasteiger partial charge in [-0.1, -0.05) is 0 Å². The van der Waals surface area contributed by atoms with Crippen LogP contribution in [-0.4, -0.2) is 35.8 Å². The zero-order valence-corrected chi connectivity index (χ0v) is 28.8. The van der Waals surface area contributed by atoms with Crippen molar-refractivity contribution >= 4 is 35.8 Å². The van der Waals surface area contributed by atoms with Crippen molar-refractivity contribution in [3.63, 3.8) is 0 Å². The van der Waals surface area contributed by atoms with Gasteiger partial charge in [0.2, 0.25) is 0 Å². The van der Waals surface area contributed by atoms with Crippen LogP contribution in [0.5, 0.6) is 0 Å². The molecule has 0 amide bonds. The fraction of sp³-hybridized carbons (Fsp3) is 0.500. The summed E-state index contributed by atoms with van der Waals surface area (Å²) >= 11 is 0. The topological polar surface area (TPSA) is 241 Å². The molecule has 0 saturated carbocycles. The molecule has 0 unspecified atom stereocenters. The molecule has 0 radical (unpaired) electrons. The van der Waals surface area contributed by atoms with Gasteiger partial charge in [-0.25, -0.2) is 0 Å². The molecule has 16 heteroatoms. The number of aliphatic carboxylic acids is 6. The molecule has 0 saturated heterocycles. The van der Waals surface area contributed by atoms with E-state index in [0.717, 1.165) is 41.5 Å². The number of hydrogen-bond acceptors (Lipinski definition) is 12. The van der Waals surface area contributed by atoms with Crippen molar-refractivity contribution in [1.29, 1.82) is 0 Å². The van der Waals surface area contributed by atoms with Crippen LogP contribution in [0.4, 0.5) is 0 Å². The molecule has 152 valence electrons. The Labute approximate surface area is 281 Å². The number of carboxylic acids is 6. The maximum Gasteiger partial charge on any atom is 2.00 e. The van der Waals surface area contributed by atoms with E-state index < -0.39 is 35.8 Å². The van der Waals surface area contributed by atoms with Crippen molar-refractivity contribution in [2.75, 3.05) is 0 Å². The zero-order chi connectivity index (χ0) is 21.5. The second-order valence-corrected chi connectivity index (χ2v) is 2.95. The molecule has 0 spiro atoms. The molecule has 0 aliphatic rings. The number of rotatable bonds is 0. The Morgan fingerprint density at radius 3 is 0.393 bits per heavy atom. The zero-order valence-electron chi connectivity index (χ0n) is 16.9. The van der Waals surface area contributed by atoms with Gasteiger partial charge in [0, 0.05) is 35.8 Å². The number of hydrogen-bond donors (Lipinski definition) is 0. The van der Waals surface area contributed by atoms with Gasteiger partial charge in [-0.3, -0.25) is 0 Å². The third-order valence-electron chi connectivity index (χ3n) is 0. The third-order valence-corrected chi connectivity index (χ3v) is 0. The minimum atomic E-state index is -1.08. The Bertz CT molecular complexity index is 278. The van der Waals surface area contributed by atoms with Crippen molar-refractivity contribution < 1.29 is 210 Å². The predicted octanol–water partition coefficient (Wildman–Crippen LogP) is -13.5. The molecular formula is C12H18CdK2O12Pd. The van der Waals surface area contributed by atoms with E-state index in [0.29, 0.717) is 0 Å². The van der Waals surface area contributed by atoms with Crippen molar-refractivity contribution in [3.05, 3.63) is 0 Å². The molecule has 28 heavy (non-hydrogen) atoms. The Balaban J connectivity index is -0.0000000169. The summed E-state index contributed by atoms with van der Waals surface area (Å²) in [5.74, 6) is -6.50. The summed E-state index contributed by atoms with van der Waals surface area (Å²) in [4.78, 5) is 53.3. The Morgan fingerprint density at radius 2 is 0.393 bits per heavy atom. The molecule has 0 aromatic heterocycles. The molecule has 0 N–H and O–H groups in total. The Hall–Kier alpha value is 1.68. The predicted molar refractivity (Wildman–Crippen MR) is 64.1 cm³/mol. The molecule has 0 aromatic rings. The van der Waals surface area contributed by atoms with Gasteiger partial charge in [-0.05, 0) is 41.5 Å². The Kier molecular flexibility index (Phi) is 128. The van der Waals surface area contributed by atoms with Gasteiger partial charge in [-0.15, -0.1) is 0 Å². The standard InChI is InChI=1S/6C2H4O2.Cd.2K.Pd/c6*1-2(3)4;;;;/h6*1H3,(H,3,4);;;;/q;;;;;;+2;2*+1;+2/p-6. The van der Waals surface area contributed by atoms with E-state index in [1.165, 1.54) is 0 Å².